The van der Waals surface area contributed by atoms with Crippen LogP contribution in [0.2, 0.25) is 0 Å². The first-order valence-electron chi connectivity index (χ1n) is 6.72. The van der Waals surface area contributed by atoms with Crippen molar-refractivity contribution in [2.24, 2.45) is 0 Å². The van der Waals surface area contributed by atoms with Gasteiger partial charge in [-0.2, -0.15) is 0 Å². The molecule has 0 aromatic heterocycles. The van der Waals surface area contributed by atoms with Gasteiger partial charge >= 0.3 is 0 Å². The molecule has 0 aliphatic heterocycles. The zero-order valence-electron chi connectivity index (χ0n) is 11.7. The van der Waals surface area contributed by atoms with Gasteiger partial charge < -0.3 is 10.4 Å². The summed E-state index contributed by atoms with van der Waals surface area (Å²) in [5.41, 5.74) is 0.0271. The topological polar surface area (TPSA) is 110 Å². The minimum absolute atomic E-state index is 0.160. The molecule has 2 N–H and O–H groups in total. The predicted octanol–water partition coefficient (Wildman–Crippen LogP) is 1.71. The van der Waals surface area contributed by atoms with Crippen molar-refractivity contribution in [2.45, 2.75) is 42.7 Å². The summed E-state index contributed by atoms with van der Waals surface area (Å²) in [5, 5.41) is 23.9. The van der Waals surface area contributed by atoms with Gasteiger partial charge in [-0.3, -0.25) is 10.1 Å². The maximum Gasteiger partial charge on any atom is 0.288 e. The van der Waals surface area contributed by atoms with Crippen LogP contribution in [0.3, 0.4) is 0 Å². The van der Waals surface area contributed by atoms with Crippen LogP contribution in [0.1, 0.15) is 25.7 Å². The van der Waals surface area contributed by atoms with Crippen LogP contribution in [0.15, 0.2) is 23.1 Å². The largest absolute Gasteiger partial charge is 0.391 e. The first kappa shape index (κ1) is 15.7. The molecular weight excluding hydrogens is 296 g/mol. The summed E-state index contributed by atoms with van der Waals surface area (Å²) in [6.45, 7) is 0. The van der Waals surface area contributed by atoms with Crippen LogP contribution in [0, 0.1) is 10.1 Å². The van der Waals surface area contributed by atoms with Crippen molar-refractivity contribution in [1.82, 2.24) is 0 Å². The van der Waals surface area contributed by atoms with E-state index in [2.05, 4.69) is 5.32 Å². The highest BCUT2D eigenvalue weighted by atomic mass is 32.2. The second kappa shape index (κ2) is 5.98. The van der Waals surface area contributed by atoms with E-state index in [9.17, 15) is 23.6 Å². The molecule has 1 aromatic rings. The first-order valence-corrected chi connectivity index (χ1v) is 8.61. The summed E-state index contributed by atoms with van der Waals surface area (Å²) in [6.07, 6.45) is 3.88. The third kappa shape index (κ3) is 3.70. The van der Waals surface area contributed by atoms with Gasteiger partial charge in [-0.05, 0) is 25.0 Å². The summed E-state index contributed by atoms with van der Waals surface area (Å²) in [4.78, 5) is 9.87. The minimum Gasteiger partial charge on any atom is -0.391 e. The Morgan fingerprint density at radius 3 is 2.57 bits per heavy atom. The molecule has 0 spiro atoms. The van der Waals surface area contributed by atoms with E-state index in [4.69, 9.17) is 0 Å². The molecule has 8 heteroatoms. The second-order valence-electron chi connectivity index (χ2n) is 5.31. The molecule has 1 aromatic carbocycles. The van der Waals surface area contributed by atoms with Crippen LogP contribution in [0.25, 0.3) is 0 Å². The number of benzene rings is 1. The first-order chi connectivity index (χ1) is 9.79. The Morgan fingerprint density at radius 2 is 2.00 bits per heavy atom. The monoisotopic (exact) mass is 314 g/mol. The van der Waals surface area contributed by atoms with Gasteiger partial charge in [0.15, 0.2) is 9.84 Å². The Balaban J connectivity index is 2.31. The lowest BCUT2D eigenvalue weighted by Crippen LogP contribution is -2.36. The molecule has 116 valence electrons. The molecule has 2 atom stereocenters. The van der Waals surface area contributed by atoms with Gasteiger partial charge in [0.2, 0.25) is 0 Å². The molecular formula is C13H18N2O5S. The molecule has 1 aliphatic rings. The van der Waals surface area contributed by atoms with Crippen molar-refractivity contribution in [3.8, 4) is 0 Å². The van der Waals surface area contributed by atoms with Crippen molar-refractivity contribution < 1.29 is 18.4 Å². The third-order valence-corrected chi connectivity index (χ3v) is 4.76. The minimum atomic E-state index is -3.70. The van der Waals surface area contributed by atoms with Crippen LogP contribution in [-0.4, -0.2) is 36.8 Å². The van der Waals surface area contributed by atoms with E-state index in [0.717, 1.165) is 25.5 Å². The highest BCUT2D eigenvalue weighted by Crippen LogP contribution is 2.29. The fourth-order valence-electron chi connectivity index (χ4n) is 2.55. The number of hydrogen-bond acceptors (Lipinski definition) is 6. The molecule has 2 unspecified atom stereocenters. The average molecular weight is 314 g/mol. The van der Waals surface area contributed by atoms with Crippen molar-refractivity contribution in [1.29, 1.82) is 0 Å². The number of aliphatic hydroxyl groups excluding tert-OH is 1. The molecule has 21 heavy (non-hydrogen) atoms. The zero-order chi connectivity index (χ0) is 15.6. The van der Waals surface area contributed by atoms with Crippen LogP contribution in [-0.2, 0) is 9.84 Å². The van der Waals surface area contributed by atoms with Crippen LogP contribution < -0.4 is 5.32 Å². The number of nitrogens with one attached hydrogen (secondary N) is 1. The lowest BCUT2D eigenvalue weighted by atomic mass is 9.92. The number of rotatable bonds is 4. The fraction of sp³-hybridized carbons (Fsp3) is 0.538. The highest BCUT2D eigenvalue weighted by molar-refractivity contribution is 7.90. The Morgan fingerprint density at radius 1 is 1.33 bits per heavy atom. The van der Waals surface area contributed by atoms with Gasteiger partial charge in [-0.25, -0.2) is 8.42 Å². The number of nitro benzene ring substituents is 1. The Labute approximate surface area is 123 Å². The van der Waals surface area contributed by atoms with Crippen LogP contribution in [0.5, 0.6) is 0 Å². The smallest absolute Gasteiger partial charge is 0.288 e. The quantitative estimate of drug-likeness (QED) is 0.647. The summed E-state index contributed by atoms with van der Waals surface area (Å²) in [7, 11) is -3.70. The molecule has 0 heterocycles. The zero-order valence-corrected chi connectivity index (χ0v) is 12.5. The number of nitro groups is 1. The molecule has 1 aliphatic carbocycles. The maximum atomic E-state index is 11.7. The molecule has 0 bridgehead atoms. The number of anilines is 1. The fourth-order valence-corrected chi connectivity index (χ4v) is 3.41. The van der Waals surface area contributed by atoms with Crippen LogP contribution >= 0.6 is 0 Å². The number of sulfone groups is 1. The normalized spacial score (nSPS) is 22.8. The van der Waals surface area contributed by atoms with E-state index in [1.54, 1.807) is 0 Å². The van der Waals surface area contributed by atoms with Gasteiger partial charge in [-0.15, -0.1) is 0 Å². The van der Waals surface area contributed by atoms with E-state index in [0.29, 0.717) is 12.1 Å². The van der Waals surface area contributed by atoms with Crippen LogP contribution in [0.4, 0.5) is 11.4 Å². The van der Waals surface area contributed by atoms with Crippen molar-refractivity contribution in [3.63, 3.8) is 0 Å². The second-order valence-corrected chi connectivity index (χ2v) is 7.30. The lowest BCUT2D eigenvalue weighted by molar-refractivity contribution is -0.387. The summed E-state index contributed by atoms with van der Waals surface area (Å²) >= 11 is 0. The third-order valence-electron chi connectivity index (χ3n) is 3.64. The van der Waals surface area contributed by atoms with Crippen molar-refractivity contribution in [3.05, 3.63) is 28.3 Å². The predicted molar refractivity (Wildman–Crippen MR) is 78.1 cm³/mol. The molecule has 0 saturated heterocycles. The van der Waals surface area contributed by atoms with Gasteiger partial charge in [-0.1, -0.05) is 12.8 Å². The summed E-state index contributed by atoms with van der Waals surface area (Å²) in [5.74, 6) is 0. The number of aliphatic hydroxyl groups is 1. The molecule has 0 radical (unpaired) electrons. The number of hydrogen-bond donors (Lipinski definition) is 2. The highest BCUT2D eigenvalue weighted by Gasteiger charge is 2.25. The van der Waals surface area contributed by atoms with Crippen molar-refractivity contribution >= 4 is 21.2 Å². The molecule has 1 saturated carbocycles. The standard InChI is InChI=1S/C13H18N2O5S/c1-21(19,20)13-8-9(6-7-11(13)15(17)18)14-10-4-2-3-5-12(10)16/h6-8,10,12,14,16H,2-5H2,1H3. The van der Waals surface area contributed by atoms with E-state index in [1.165, 1.54) is 18.2 Å². The molecule has 7 nitrogen and oxygen atoms in total. The average Bonchev–Trinajstić information content (AvgIpc) is 2.40. The van der Waals surface area contributed by atoms with Gasteiger partial charge in [0, 0.05) is 18.0 Å². The van der Waals surface area contributed by atoms with E-state index in [-0.39, 0.29) is 10.9 Å². The molecule has 0 amide bonds. The van der Waals surface area contributed by atoms with E-state index < -0.39 is 26.6 Å². The van der Waals surface area contributed by atoms with E-state index >= 15 is 0 Å². The Bertz CT molecular complexity index is 644. The van der Waals surface area contributed by atoms with Gasteiger partial charge in [0.05, 0.1) is 17.1 Å². The van der Waals surface area contributed by atoms with Gasteiger partial charge in [0.1, 0.15) is 4.90 Å². The molecule has 1 fully saturated rings. The van der Waals surface area contributed by atoms with E-state index in [1.807, 2.05) is 0 Å². The SMILES string of the molecule is CS(=O)(=O)c1cc(NC2CCCCC2O)ccc1[N+](=O)[O-]. The van der Waals surface area contributed by atoms with Gasteiger partial charge in [0.25, 0.3) is 5.69 Å². The molecule has 2 rings (SSSR count). The summed E-state index contributed by atoms with van der Waals surface area (Å²) in [6, 6.07) is 3.74. The van der Waals surface area contributed by atoms with Crippen molar-refractivity contribution in [2.75, 3.05) is 11.6 Å². The Kier molecular flexibility index (Phi) is 4.48. The summed E-state index contributed by atoms with van der Waals surface area (Å²) < 4.78 is 23.4. The maximum absolute atomic E-state index is 11.7. The lowest BCUT2D eigenvalue weighted by Gasteiger charge is -2.29. The number of nitrogens with zero attached hydrogens (tertiary/aromatic N) is 1. The Hall–Kier alpha value is -1.67.